The molecule has 0 unspecified atom stereocenters. The van der Waals surface area contributed by atoms with Gasteiger partial charge in [-0.1, -0.05) is 6.07 Å². The van der Waals surface area contributed by atoms with E-state index in [9.17, 15) is 4.79 Å². The van der Waals surface area contributed by atoms with Crippen LogP contribution in [0.2, 0.25) is 0 Å². The predicted octanol–water partition coefficient (Wildman–Crippen LogP) is 1.60. The van der Waals surface area contributed by atoms with E-state index in [1.54, 1.807) is 24.7 Å². The Kier molecular flexibility index (Phi) is 3.23. The van der Waals surface area contributed by atoms with E-state index in [0.29, 0.717) is 17.8 Å². The number of primary amides is 1. The fourth-order valence-electron chi connectivity index (χ4n) is 1.84. The largest absolute Gasteiger partial charge is 0.472 e. The minimum atomic E-state index is -0.522. The Hall–Kier alpha value is -2.43. The van der Waals surface area contributed by atoms with Crippen molar-refractivity contribution < 1.29 is 9.21 Å². The third-order valence-electron chi connectivity index (χ3n) is 2.76. The van der Waals surface area contributed by atoms with Gasteiger partial charge >= 0.3 is 0 Å². The summed E-state index contributed by atoms with van der Waals surface area (Å²) in [4.78, 5) is 13.2. The molecular weight excluding hydrogens is 230 g/mol. The van der Waals surface area contributed by atoms with Gasteiger partial charge in [0, 0.05) is 19.2 Å². The van der Waals surface area contributed by atoms with Gasteiger partial charge in [0.2, 0.25) is 0 Å². The summed E-state index contributed by atoms with van der Waals surface area (Å²) in [6, 6.07) is 7.11. The first kappa shape index (κ1) is 12.0. The van der Waals surface area contributed by atoms with Crippen molar-refractivity contribution in [3.05, 3.63) is 47.9 Å². The summed E-state index contributed by atoms with van der Waals surface area (Å²) >= 11 is 0. The molecule has 1 heterocycles. The number of amides is 1. The molecular formula is C13H15N3O2. The van der Waals surface area contributed by atoms with Crippen LogP contribution in [-0.2, 0) is 6.54 Å². The van der Waals surface area contributed by atoms with Crippen LogP contribution in [0, 0.1) is 0 Å². The van der Waals surface area contributed by atoms with Crippen LogP contribution in [0.3, 0.4) is 0 Å². The normalized spacial score (nSPS) is 10.3. The fraction of sp³-hybridized carbons (Fsp3) is 0.154. The number of hydrogen-bond acceptors (Lipinski definition) is 4. The summed E-state index contributed by atoms with van der Waals surface area (Å²) in [5.74, 6) is -0.522. The van der Waals surface area contributed by atoms with Gasteiger partial charge in [-0.3, -0.25) is 4.79 Å². The summed E-state index contributed by atoms with van der Waals surface area (Å²) in [5.41, 5.74) is 13.8. The first-order valence-corrected chi connectivity index (χ1v) is 5.50. The molecule has 94 valence electrons. The third kappa shape index (κ3) is 2.29. The van der Waals surface area contributed by atoms with Crippen molar-refractivity contribution >= 4 is 17.3 Å². The van der Waals surface area contributed by atoms with Crippen LogP contribution in [0.5, 0.6) is 0 Å². The quantitative estimate of drug-likeness (QED) is 0.801. The van der Waals surface area contributed by atoms with E-state index in [1.807, 2.05) is 24.1 Å². The van der Waals surface area contributed by atoms with Crippen molar-refractivity contribution in [1.29, 1.82) is 0 Å². The van der Waals surface area contributed by atoms with Gasteiger partial charge in [-0.25, -0.2) is 0 Å². The number of para-hydroxylation sites is 1. The molecule has 4 N–H and O–H groups in total. The smallest absolute Gasteiger partial charge is 0.250 e. The monoisotopic (exact) mass is 245 g/mol. The molecule has 0 atom stereocenters. The lowest BCUT2D eigenvalue weighted by Crippen LogP contribution is -2.20. The van der Waals surface area contributed by atoms with Crippen molar-refractivity contribution in [1.82, 2.24) is 0 Å². The molecule has 0 bridgehead atoms. The Bertz CT molecular complexity index is 549. The van der Waals surface area contributed by atoms with E-state index >= 15 is 0 Å². The lowest BCUT2D eigenvalue weighted by molar-refractivity contribution is 0.100. The first-order valence-electron chi connectivity index (χ1n) is 5.50. The molecule has 0 saturated carbocycles. The standard InChI is InChI=1S/C13H15N3O2/c1-16(7-9-5-6-18-8-9)11-4-2-3-10(12(11)14)13(15)17/h2-6,8H,7,14H2,1H3,(H2,15,17). The predicted molar refractivity (Wildman–Crippen MR) is 70.2 cm³/mol. The highest BCUT2D eigenvalue weighted by molar-refractivity contribution is 6.00. The third-order valence-corrected chi connectivity index (χ3v) is 2.76. The lowest BCUT2D eigenvalue weighted by Gasteiger charge is -2.21. The van der Waals surface area contributed by atoms with Crippen molar-refractivity contribution in [3.8, 4) is 0 Å². The zero-order chi connectivity index (χ0) is 13.1. The van der Waals surface area contributed by atoms with Crippen LogP contribution in [-0.4, -0.2) is 13.0 Å². The number of nitrogens with two attached hydrogens (primary N) is 2. The molecule has 0 radical (unpaired) electrons. The Morgan fingerprint density at radius 3 is 2.78 bits per heavy atom. The second-order valence-corrected chi connectivity index (χ2v) is 4.09. The Morgan fingerprint density at radius 2 is 2.17 bits per heavy atom. The van der Waals surface area contributed by atoms with Crippen molar-refractivity contribution in [2.75, 3.05) is 17.7 Å². The second-order valence-electron chi connectivity index (χ2n) is 4.09. The topological polar surface area (TPSA) is 85.5 Å². The molecule has 2 rings (SSSR count). The summed E-state index contributed by atoms with van der Waals surface area (Å²) in [6.45, 7) is 0.642. The number of benzene rings is 1. The van der Waals surface area contributed by atoms with Gasteiger partial charge in [0.25, 0.3) is 5.91 Å². The van der Waals surface area contributed by atoms with Crippen molar-refractivity contribution in [3.63, 3.8) is 0 Å². The van der Waals surface area contributed by atoms with E-state index in [1.165, 1.54) is 0 Å². The second kappa shape index (κ2) is 4.83. The van der Waals surface area contributed by atoms with E-state index in [0.717, 1.165) is 11.3 Å². The first-order chi connectivity index (χ1) is 8.59. The lowest BCUT2D eigenvalue weighted by atomic mass is 10.1. The Balaban J connectivity index is 2.27. The number of furan rings is 1. The molecule has 0 aliphatic carbocycles. The summed E-state index contributed by atoms with van der Waals surface area (Å²) in [7, 11) is 1.89. The zero-order valence-corrected chi connectivity index (χ0v) is 10.1. The SMILES string of the molecule is CN(Cc1ccoc1)c1cccc(C(N)=O)c1N. The van der Waals surface area contributed by atoms with E-state index in [2.05, 4.69) is 0 Å². The van der Waals surface area contributed by atoms with Gasteiger partial charge < -0.3 is 20.8 Å². The molecule has 0 aliphatic rings. The maximum Gasteiger partial charge on any atom is 0.250 e. The summed E-state index contributed by atoms with van der Waals surface area (Å²) < 4.78 is 5.01. The molecule has 5 nitrogen and oxygen atoms in total. The number of nitrogen functional groups attached to an aromatic ring is 1. The number of nitrogens with zero attached hydrogens (tertiary/aromatic N) is 1. The van der Waals surface area contributed by atoms with Crippen molar-refractivity contribution in [2.24, 2.45) is 5.73 Å². The molecule has 0 fully saturated rings. The van der Waals surface area contributed by atoms with E-state index < -0.39 is 5.91 Å². The minimum Gasteiger partial charge on any atom is -0.472 e. The number of carbonyl (C=O) groups is 1. The minimum absolute atomic E-state index is 0.339. The van der Waals surface area contributed by atoms with Gasteiger partial charge in [-0.2, -0.15) is 0 Å². The molecule has 0 spiro atoms. The number of anilines is 2. The van der Waals surface area contributed by atoms with E-state index in [4.69, 9.17) is 15.9 Å². The average molecular weight is 245 g/mol. The maximum atomic E-state index is 11.2. The fourth-order valence-corrected chi connectivity index (χ4v) is 1.84. The summed E-state index contributed by atoms with van der Waals surface area (Å²) in [5, 5.41) is 0. The Morgan fingerprint density at radius 1 is 1.39 bits per heavy atom. The van der Waals surface area contributed by atoms with Crippen LogP contribution in [0.15, 0.2) is 41.2 Å². The van der Waals surface area contributed by atoms with Crippen LogP contribution >= 0.6 is 0 Å². The number of rotatable bonds is 4. The molecule has 1 aromatic carbocycles. The van der Waals surface area contributed by atoms with Gasteiger partial charge in [0.15, 0.2) is 0 Å². The Labute approximate surface area is 105 Å². The zero-order valence-electron chi connectivity index (χ0n) is 10.1. The van der Waals surface area contributed by atoms with Gasteiger partial charge in [0.05, 0.1) is 29.5 Å². The average Bonchev–Trinajstić information content (AvgIpc) is 2.81. The molecule has 1 amide bonds. The molecule has 1 aromatic heterocycles. The van der Waals surface area contributed by atoms with Gasteiger partial charge in [-0.05, 0) is 18.2 Å². The van der Waals surface area contributed by atoms with Crippen LogP contribution < -0.4 is 16.4 Å². The van der Waals surface area contributed by atoms with Gasteiger partial charge in [-0.15, -0.1) is 0 Å². The molecule has 0 saturated heterocycles. The summed E-state index contributed by atoms with van der Waals surface area (Å²) in [6.07, 6.45) is 3.29. The van der Waals surface area contributed by atoms with Crippen LogP contribution in [0.25, 0.3) is 0 Å². The number of carbonyl (C=O) groups excluding carboxylic acids is 1. The number of hydrogen-bond donors (Lipinski definition) is 2. The highest BCUT2D eigenvalue weighted by Gasteiger charge is 2.12. The van der Waals surface area contributed by atoms with Crippen LogP contribution in [0.4, 0.5) is 11.4 Å². The van der Waals surface area contributed by atoms with E-state index in [-0.39, 0.29) is 0 Å². The highest BCUT2D eigenvalue weighted by Crippen LogP contribution is 2.26. The van der Waals surface area contributed by atoms with Crippen molar-refractivity contribution in [2.45, 2.75) is 6.54 Å². The maximum absolute atomic E-state index is 11.2. The highest BCUT2D eigenvalue weighted by atomic mass is 16.3. The van der Waals surface area contributed by atoms with Gasteiger partial charge in [0.1, 0.15) is 0 Å². The molecule has 2 aromatic rings. The molecule has 5 heteroatoms. The van der Waals surface area contributed by atoms with Crippen LogP contribution in [0.1, 0.15) is 15.9 Å². The molecule has 0 aliphatic heterocycles. The molecule has 18 heavy (non-hydrogen) atoms.